The molecule has 1 aliphatic carbocycles. The van der Waals surface area contributed by atoms with Gasteiger partial charge in [0.1, 0.15) is 5.65 Å². The average Bonchev–Trinajstić information content (AvgIpc) is 2.77. The van der Waals surface area contributed by atoms with Crippen LogP contribution < -0.4 is 0 Å². The molecule has 0 aliphatic heterocycles. The predicted molar refractivity (Wildman–Crippen MR) is 71.2 cm³/mol. The SMILES string of the molecule is Cc1ccn2c(N=O)c(C3CCCCC3)nc2c1. The number of imidazole rings is 1. The first-order chi connectivity index (χ1) is 8.79. The van der Waals surface area contributed by atoms with E-state index in [1.165, 1.54) is 19.3 Å². The summed E-state index contributed by atoms with van der Waals surface area (Å²) in [5.41, 5.74) is 2.89. The van der Waals surface area contributed by atoms with Gasteiger partial charge in [0.05, 0.1) is 5.69 Å². The lowest BCUT2D eigenvalue weighted by molar-refractivity contribution is 0.438. The normalized spacial score (nSPS) is 17.2. The lowest BCUT2D eigenvalue weighted by atomic mass is 9.87. The maximum atomic E-state index is 11.1. The number of nitroso groups, excluding NO2 is 1. The van der Waals surface area contributed by atoms with Crippen LogP contribution in [0.3, 0.4) is 0 Å². The fourth-order valence-corrected chi connectivity index (χ4v) is 2.89. The number of aromatic nitrogens is 2. The topological polar surface area (TPSA) is 46.7 Å². The van der Waals surface area contributed by atoms with Crippen LogP contribution in [0.15, 0.2) is 23.5 Å². The fraction of sp³-hybridized carbons (Fsp3) is 0.500. The molecule has 0 amide bonds. The number of hydrogen-bond acceptors (Lipinski definition) is 3. The molecular formula is C14H17N3O. The summed E-state index contributed by atoms with van der Waals surface area (Å²) in [6.07, 6.45) is 7.91. The molecule has 2 heterocycles. The Hall–Kier alpha value is -1.71. The Balaban J connectivity index is 2.12. The van der Waals surface area contributed by atoms with Crippen LogP contribution in [0.4, 0.5) is 5.82 Å². The first-order valence-corrected chi connectivity index (χ1v) is 6.61. The Morgan fingerprint density at radius 3 is 2.83 bits per heavy atom. The van der Waals surface area contributed by atoms with Crippen molar-refractivity contribution in [2.24, 2.45) is 5.18 Å². The first-order valence-electron chi connectivity index (χ1n) is 6.61. The second-order valence-corrected chi connectivity index (χ2v) is 5.18. The number of pyridine rings is 1. The molecule has 18 heavy (non-hydrogen) atoms. The van der Waals surface area contributed by atoms with E-state index < -0.39 is 0 Å². The minimum Gasteiger partial charge on any atom is -0.282 e. The Morgan fingerprint density at radius 2 is 2.11 bits per heavy atom. The van der Waals surface area contributed by atoms with E-state index in [1.807, 2.05) is 29.7 Å². The van der Waals surface area contributed by atoms with Crippen LogP contribution in [0.2, 0.25) is 0 Å². The van der Waals surface area contributed by atoms with Gasteiger partial charge in [-0.25, -0.2) is 4.98 Å². The molecule has 4 nitrogen and oxygen atoms in total. The highest BCUT2D eigenvalue weighted by molar-refractivity contribution is 5.54. The van der Waals surface area contributed by atoms with Gasteiger partial charge < -0.3 is 0 Å². The predicted octanol–water partition coefficient (Wildman–Crippen LogP) is 4.09. The standard InChI is InChI=1S/C14H17N3O/c1-10-7-8-17-12(9-10)15-13(14(17)16-18)11-5-3-2-4-6-11/h7-9,11H,2-6H2,1H3. The third-order valence-corrected chi connectivity index (χ3v) is 3.86. The summed E-state index contributed by atoms with van der Waals surface area (Å²) >= 11 is 0. The summed E-state index contributed by atoms with van der Waals surface area (Å²) in [5, 5.41) is 3.21. The molecule has 2 aromatic rings. The number of aryl methyl sites for hydroxylation is 1. The van der Waals surface area contributed by atoms with E-state index in [4.69, 9.17) is 0 Å². The van der Waals surface area contributed by atoms with Crippen molar-refractivity contribution in [3.8, 4) is 0 Å². The van der Waals surface area contributed by atoms with Crippen molar-refractivity contribution < 1.29 is 0 Å². The van der Waals surface area contributed by atoms with Crippen molar-refractivity contribution in [3.63, 3.8) is 0 Å². The zero-order chi connectivity index (χ0) is 12.5. The lowest BCUT2D eigenvalue weighted by Gasteiger charge is -2.19. The van der Waals surface area contributed by atoms with Crippen LogP contribution in [0.5, 0.6) is 0 Å². The van der Waals surface area contributed by atoms with Gasteiger partial charge in [-0.15, -0.1) is 4.91 Å². The van der Waals surface area contributed by atoms with Crippen molar-refractivity contribution >= 4 is 11.5 Å². The van der Waals surface area contributed by atoms with Crippen LogP contribution >= 0.6 is 0 Å². The second kappa shape index (κ2) is 4.52. The fourth-order valence-electron chi connectivity index (χ4n) is 2.89. The Kier molecular flexibility index (Phi) is 2.86. The van der Waals surface area contributed by atoms with Crippen molar-refractivity contribution in [1.29, 1.82) is 0 Å². The Labute approximate surface area is 106 Å². The first kappa shape index (κ1) is 11.4. The molecule has 2 aromatic heterocycles. The molecule has 0 saturated heterocycles. The zero-order valence-corrected chi connectivity index (χ0v) is 10.6. The van der Waals surface area contributed by atoms with Crippen LogP contribution in [0.1, 0.15) is 49.3 Å². The number of fused-ring (bicyclic) bond motifs is 1. The van der Waals surface area contributed by atoms with E-state index in [0.717, 1.165) is 29.7 Å². The zero-order valence-electron chi connectivity index (χ0n) is 10.6. The molecule has 1 aliphatic rings. The van der Waals surface area contributed by atoms with E-state index >= 15 is 0 Å². The van der Waals surface area contributed by atoms with Gasteiger partial charge >= 0.3 is 0 Å². The summed E-state index contributed by atoms with van der Waals surface area (Å²) in [7, 11) is 0. The van der Waals surface area contributed by atoms with Crippen molar-refractivity contribution in [2.75, 3.05) is 0 Å². The van der Waals surface area contributed by atoms with E-state index in [2.05, 4.69) is 10.2 Å². The minimum atomic E-state index is 0.409. The van der Waals surface area contributed by atoms with Crippen molar-refractivity contribution in [2.45, 2.75) is 44.9 Å². The third kappa shape index (κ3) is 1.82. The van der Waals surface area contributed by atoms with E-state index in [-0.39, 0.29) is 0 Å². The van der Waals surface area contributed by atoms with Gasteiger partial charge in [0.25, 0.3) is 0 Å². The molecule has 4 heteroatoms. The van der Waals surface area contributed by atoms with Gasteiger partial charge in [0, 0.05) is 12.1 Å². The molecule has 0 bridgehead atoms. The quantitative estimate of drug-likeness (QED) is 0.746. The summed E-state index contributed by atoms with van der Waals surface area (Å²) in [4.78, 5) is 15.8. The smallest absolute Gasteiger partial charge is 0.205 e. The van der Waals surface area contributed by atoms with Crippen LogP contribution in [0.25, 0.3) is 5.65 Å². The molecule has 1 fully saturated rings. The number of hydrogen-bond donors (Lipinski definition) is 0. The van der Waals surface area contributed by atoms with Crippen molar-refractivity contribution in [1.82, 2.24) is 9.38 Å². The van der Waals surface area contributed by atoms with E-state index in [9.17, 15) is 4.91 Å². The second-order valence-electron chi connectivity index (χ2n) is 5.18. The summed E-state index contributed by atoms with van der Waals surface area (Å²) in [6.45, 7) is 2.03. The maximum Gasteiger partial charge on any atom is 0.205 e. The summed E-state index contributed by atoms with van der Waals surface area (Å²) < 4.78 is 1.81. The van der Waals surface area contributed by atoms with Gasteiger partial charge in [-0.05, 0) is 42.6 Å². The number of rotatable bonds is 2. The maximum absolute atomic E-state index is 11.1. The summed E-state index contributed by atoms with van der Waals surface area (Å²) in [5.74, 6) is 0.906. The number of nitrogens with zero attached hydrogens (tertiary/aromatic N) is 3. The Morgan fingerprint density at radius 1 is 1.33 bits per heavy atom. The van der Waals surface area contributed by atoms with Crippen molar-refractivity contribution in [3.05, 3.63) is 34.5 Å². The lowest BCUT2D eigenvalue weighted by Crippen LogP contribution is -2.05. The average molecular weight is 243 g/mol. The van der Waals surface area contributed by atoms with E-state index in [0.29, 0.717) is 11.7 Å². The van der Waals surface area contributed by atoms with E-state index in [1.54, 1.807) is 0 Å². The van der Waals surface area contributed by atoms with Gasteiger partial charge in [-0.1, -0.05) is 19.3 Å². The van der Waals surface area contributed by atoms with Gasteiger partial charge in [0.15, 0.2) is 0 Å². The van der Waals surface area contributed by atoms with Gasteiger partial charge in [0.2, 0.25) is 5.82 Å². The van der Waals surface area contributed by atoms with Crippen LogP contribution in [-0.4, -0.2) is 9.38 Å². The molecule has 1 saturated carbocycles. The molecule has 94 valence electrons. The van der Waals surface area contributed by atoms with Crippen LogP contribution in [-0.2, 0) is 0 Å². The molecule has 0 unspecified atom stereocenters. The largest absolute Gasteiger partial charge is 0.282 e. The molecule has 0 aromatic carbocycles. The highest BCUT2D eigenvalue weighted by Crippen LogP contribution is 2.37. The molecule has 3 rings (SSSR count). The molecule has 0 spiro atoms. The van der Waals surface area contributed by atoms with Gasteiger partial charge in [-0.2, -0.15) is 0 Å². The van der Waals surface area contributed by atoms with Gasteiger partial charge in [-0.3, -0.25) is 4.40 Å². The molecular weight excluding hydrogens is 226 g/mol. The third-order valence-electron chi connectivity index (χ3n) is 3.86. The summed E-state index contributed by atoms with van der Waals surface area (Å²) in [6, 6.07) is 3.98. The molecule has 0 N–H and O–H groups in total. The Bertz CT molecular complexity index is 582. The van der Waals surface area contributed by atoms with Crippen LogP contribution in [0, 0.1) is 11.8 Å². The minimum absolute atomic E-state index is 0.409. The molecule has 0 atom stereocenters. The highest BCUT2D eigenvalue weighted by atomic mass is 16.3. The highest BCUT2D eigenvalue weighted by Gasteiger charge is 2.23. The molecule has 0 radical (unpaired) electrons. The monoisotopic (exact) mass is 243 g/mol.